The van der Waals surface area contributed by atoms with Crippen LogP contribution in [-0.4, -0.2) is 19.1 Å². The number of amides is 1. The maximum Gasteiger partial charge on any atom is 0.266 e. The second-order valence-corrected chi connectivity index (χ2v) is 6.59. The van der Waals surface area contributed by atoms with Gasteiger partial charge in [0.15, 0.2) is 11.5 Å². The molecule has 0 aliphatic heterocycles. The van der Waals surface area contributed by atoms with E-state index < -0.39 is 11.7 Å². The summed E-state index contributed by atoms with van der Waals surface area (Å²) in [6.45, 7) is 4.86. The highest BCUT2D eigenvalue weighted by Gasteiger charge is 2.14. The summed E-state index contributed by atoms with van der Waals surface area (Å²) in [5, 5.41) is 12.0. The zero-order valence-corrected chi connectivity index (χ0v) is 17.2. The molecule has 0 saturated heterocycles. The number of nitrogens with one attached hydrogen (secondary N) is 1. The number of nitrogens with zero attached hydrogens (tertiary/aromatic N) is 1. The van der Waals surface area contributed by atoms with Gasteiger partial charge in [0, 0.05) is 10.2 Å². The molecule has 0 heterocycles. The molecule has 146 valence electrons. The molecule has 0 aliphatic carbocycles. The van der Waals surface area contributed by atoms with Crippen LogP contribution in [0.3, 0.4) is 0 Å². The van der Waals surface area contributed by atoms with Crippen LogP contribution in [0.4, 0.5) is 10.1 Å². The molecule has 0 bridgehead atoms. The van der Waals surface area contributed by atoms with Gasteiger partial charge in [-0.15, -0.1) is 0 Å². The first-order valence-corrected chi connectivity index (χ1v) is 9.55. The number of carbonyl (C=O) groups is 1. The molecule has 1 amide bonds. The van der Waals surface area contributed by atoms with E-state index in [9.17, 15) is 14.4 Å². The van der Waals surface area contributed by atoms with Gasteiger partial charge in [0.1, 0.15) is 17.5 Å². The van der Waals surface area contributed by atoms with Crippen molar-refractivity contribution in [2.75, 3.05) is 18.5 Å². The number of benzene rings is 2. The van der Waals surface area contributed by atoms with Crippen molar-refractivity contribution in [1.82, 2.24) is 0 Å². The molecule has 28 heavy (non-hydrogen) atoms. The number of rotatable bonds is 8. The summed E-state index contributed by atoms with van der Waals surface area (Å²) in [7, 11) is 0. The zero-order valence-electron chi connectivity index (χ0n) is 15.6. The summed E-state index contributed by atoms with van der Waals surface area (Å²) in [6.07, 6.45) is 2.31. The fraction of sp³-hybridized carbons (Fsp3) is 0.238. The van der Waals surface area contributed by atoms with Gasteiger partial charge in [-0.1, -0.05) is 22.9 Å². The highest BCUT2D eigenvalue weighted by Crippen LogP contribution is 2.35. The van der Waals surface area contributed by atoms with E-state index in [0.29, 0.717) is 40.4 Å². The van der Waals surface area contributed by atoms with E-state index in [1.54, 1.807) is 12.1 Å². The lowest BCUT2D eigenvalue weighted by molar-refractivity contribution is -0.112. The average molecular weight is 447 g/mol. The molecule has 2 aromatic carbocycles. The molecule has 0 unspecified atom stereocenters. The van der Waals surface area contributed by atoms with Crippen molar-refractivity contribution in [3.05, 3.63) is 57.8 Å². The van der Waals surface area contributed by atoms with Crippen LogP contribution < -0.4 is 14.8 Å². The highest BCUT2D eigenvalue weighted by atomic mass is 79.9. The quantitative estimate of drug-likeness (QED) is 0.439. The minimum atomic E-state index is -0.592. The van der Waals surface area contributed by atoms with Crippen molar-refractivity contribution >= 4 is 33.6 Å². The lowest BCUT2D eigenvalue weighted by atomic mass is 10.1. The van der Waals surface area contributed by atoms with Crippen molar-refractivity contribution in [3.8, 4) is 17.6 Å². The first-order chi connectivity index (χ1) is 13.5. The summed E-state index contributed by atoms with van der Waals surface area (Å²) < 4.78 is 25.0. The van der Waals surface area contributed by atoms with Gasteiger partial charge in [0.05, 0.1) is 13.2 Å². The van der Waals surface area contributed by atoms with Crippen LogP contribution in [-0.2, 0) is 4.79 Å². The van der Waals surface area contributed by atoms with Gasteiger partial charge in [-0.3, -0.25) is 4.79 Å². The smallest absolute Gasteiger partial charge is 0.266 e. The fourth-order valence-electron chi connectivity index (χ4n) is 2.29. The van der Waals surface area contributed by atoms with Crippen LogP contribution in [0.15, 0.2) is 46.4 Å². The van der Waals surface area contributed by atoms with Gasteiger partial charge in [0.25, 0.3) is 5.91 Å². The monoisotopic (exact) mass is 446 g/mol. The summed E-state index contributed by atoms with van der Waals surface area (Å²) in [5.74, 6) is 0.112. The Bertz CT molecular complexity index is 905. The van der Waals surface area contributed by atoms with Crippen LogP contribution in [0.2, 0.25) is 0 Å². The molecule has 0 fully saturated rings. The molecule has 2 aromatic rings. The topological polar surface area (TPSA) is 71.3 Å². The molecular formula is C21H20BrFN2O3. The summed E-state index contributed by atoms with van der Waals surface area (Å²) in [6, 6.07) is 10.6. The predicted molar refractivity (Wildman–Crippen MR) is 110 cm³/mol. The van der Waals surface area contributed by atoms with Crippen molar-refractivity contribution in [1.29, 1.82) is 5.26 Å². The molecule has 0 atom stereocenters. The lowest BCUT2D eigenvalue weighted by Crippen LogP contribution is -2.13. The molecule has 0 aliphatic rings. The van der Waals surface area contributed by atoms with Crippen LogP contribution in [0.1, 0.15) is 25.8 Å². The number of ether oxygens (including phenoxy) is 2. The van der Waals surface area contributed by atoms with E-state index in [2.05, 4.69) is 21.2 Å². The van der Waals surface area contributed by atoms with Gasteiger partial charge in [-0.25, -0.2) is 4.39 Å². The molecule has 0 radical (unpaired) electrons. The molecular weight excluding hydrogens is 427 g/mol. The number of carbonyl (C=O) groups excluding carboxylic acids is 1. The fourth-order valence-corrected chi connectivity index (χ4v) is 2.73. The number of nitriles is 1. The van der Waals surface area contributed by atoms with Crippen molar-refractivity contribution < 1.29 is 18.7 Å². The molecule has 0 spiro atoms. The van der Waals surface area contributed by atoms with Crippen molar-refractivity contribution in [2.24, 2.45) is 0 Å². The summed E-state index contributed by atoms with van der Waals surface area (Å²) in [4.78, 5) is 12.4. The minimum absolute atomic E-state index is 0.102. The number of anilines is 1. The number of hydrogen-bond acceptors (Lipinski definition) is 4. The zero-order chi connectivity index (χ0) is 20.5. The molecule has 0 aromatic heterocycles. The lowest BCUT2D eigenvalue weighted by Gasteiger charge is -2.13. The minimum Gasteiger partial charge on any atom is -0.490 e. The molecule has 7 heteroatoms. The normalized spacial score (nSPS) is 10.9. The van der Waals surface area contributed by atoms with Gasteiger partial charge < -0.3 is 14.8 Å². The van der Waals surface area contributed by atoms with E-state index >= 15 is 0 Å². The largest absolute Gasteiger partial charge is 0.490 e. The Balaban J connectivity index is 2.31. The summed E-state index contributed by atoms with van der Waals surface area (Å²) in [5.41, 5.74) is 0.887. The third kappa shape index (κ3) is 5.83. The summed E-state index contributed by atoms with van der Waals surface area (Å²) >= 11 is 3.44. The highest BCUT2D eigenvalue weighted by molar-refractivity contribution is 9.10. The second kappa shape index (κ2) is 10.5. The van der Waals surface area contributed by atoms with Crippen molar-refractivity contribution in [3.63, 3.8) is 0 Å². The Morgan fingerprint density at radius 1 is 1.21 bits per heavy atom. The van der Waals surface area contributed by atoms with E-state index in [4.69, 9.17) is 9.47 Å². The Hall–Kier alpha value is -2.85. The standard InChI is InChI=1S/C21H20BrFN2O3/c1-3-9-28-20-12-18(22)14(11-19(20)27-4-2)10-15(13-24)21(26)25-17-7-5-16(23)6-8-17/h5-8,10-12H,3-4,9H2,1-2H3,(H,25,26). The van der Waals surface area contributed by atoms with E-state index in [1.165, 1.54) is 30.3 Å². The Labute approximate surface area is 171 Å². The third-order valence-corrected chi connectivity index (χ3v) is 4.28. The molecule has 2 rings (SSSR count). The number of halogens is 2. The maximum absolute atomic E-state index is 13.0. The first-order valence-electron chi connectivity index (χ1n) is 8.76. The second-order valence-electron chi connectivity index (χ2n) is 5.73. The Morgan fingerprint density at radius 2 is 1.89 bits per heavy atom. The Kier molecular flexibility index (Phi) is 8.02. The van der Waals surface area contributed by atoms with E-state index in [-0.39, 0.29) is 5.57 Å². The van der Waals surface area contributed by atoms with Crippen LogP contribution >= 0.6 is 15.9 Å². The predicted octanol–water partition coefficient (Wildman–Crippen LogP) is 5.32. The Morgan fingerprint density at radius 3 is 2.50 bits per heavy atom. The van der Waals surface area contributed by atoms with Gasteiger partial charge in [0.2, 0.25) is 0 Å². The molecule has 5 nitrogen and oxygen atoms in total. The van der Waals surface area contributed by atoms with Gasteiger partial charge >= 0.3 is 0 Å². The maximum atomic E-state index is 13.0. The van der Waals surface area contributed by atoms with Crippen LogP contribution in [0.5, 0.6) is 11.5 Å². The van der Waals surface area contributed by atoms with E-state index in [1.807, 2.05) is 19.9 Å². The first kappa shape index (κ1) is 21.5. The van der Waals surface area contributed by atoms with Gasteiger partial charge in [-0.05, 0) is 61.4 Å². The third-order valence-electron chi connectivity index (χ3n) is 3.59. The molecule has 0 saturated carbocycles. The SMILES string of the molecule is CCCOc1cc(Br)c(C=C(C#N)C(=O)Nc2ccc(F)cc2)cc1OCC. The molecule has 1 N–H and O–H groups in total. The average Bonchev–Trinajstić information content (AvgIpc) is 2.68. The van der Waals surface area contributed by atoms with E-state index in [0.717, 1.165) is 6.42 Å². The van der Waals surface area contributed by atoms with Crippen molar-refractivity contribution in [2.45, 2.75) is 20.3 Å². The van der Waals surface area contributed by atoms with Gasteiger partial charge in [-0.2, -0.15) is 5.26 Å². The van der Waals surface area contributed by atoms with Crippen LogP contribution in [0.25, 0.3) is 6.08 Å². The number of hydrogen-bond donors (Lipinski definition) is 1. The van der Waals surface area contributed by atoms with Crippen LogP contribution in [0, 0.1) is 17.1 Å².